The van der Waals surface area contributed by atoms with Gasteiger partial charge in [-0.05, 0) is 94.0 Å². The molecule has 2 aliphatic carbocycles. The van der Waals surface area contributed by atoms with Crippen molar-refractivity contribution in [3.05, 3.63) is 12.5 Å². The van der Waals surface area contributed by atoms with Crippen LogP contribution in [-0.4, -0.2) is 57.1 Å². The van der Waals surface area contributed by atoms with Crippen molar-refractivity contribution in [1.29, 1.82) is 0 Å². The number of methoxy groups -OCH3 is 1. The molecule has 6 nitrogen and oxygen atoms in total. The lowest BCUT2D eigenvalue weighted by Crippen LogP contribution is -2.46. The van der Waals surface area contributed by atoms with Gasteiger partial charge in [-0.1, -0.05) is 39.5 Å². The van der Waals surface area contributed by atoms with E-state index in [-0.39, 0.29) is 12.1 Å². The van der Waals surface area contributed by atoms with Crippen molar-refractivity contribution in [2.24, 2.45) is 29.6 Å². The maximum Gasteiger partial charge on any atom is 0.407 e. The number of carbonyl (C=O) groups excluding carboxylic acids is 1. The average molecular weight is 507 g/mol. The number of likely N-dealkylation sites (tertiary alicyclic amines) is 1. The van der Waals surface area contributed by atoms with Gasteiger partial charge in [-0.25, -0.2) is 4.79 Å². The molecule has 0 aromatic rings. The van der Waals surface area contributed by atoms with E-state index in [0.717, 1.165) is 57.4 Å². The highest BCUT2D eigenvalue weighted by Crippen LogP contribution is 2.32. The Hall–Kier alpha value is -1.43. The van der Waals surface area contributed by atoms with Gasteiger partial charge in [0.05, 0.1) is 19.3 Å². The van der Waals surface area contributed by atoms with Gasteiger partial charge in [-0.2, -0.15) is 0 Å². The lowest BCUT2D eigenvalue weighted by atomic mass is 9.80. The number of hydrogen-bond donors (Lipinski definition) is 1. The normalized spacial score (nSPS) is 31.7. The van der Waals surface area contributed by atoms with E-state index in [4.69, 9.17) is 14.2 Å². The summed E-state index contributed by atoms with van der Waals surface area (Å²) in [6.45, 7) is 12.7. The van der Waals surface area contributed by atoms with Crippen LogP contribution in [0.2, 0.25) is 0 Å². The van der Waals surface area contributed by atoms with Gasteiger partial charge in [0.25, 0.3) is 0 Å². The molecule has 2 saturated carbocycles. The van der Waals surface area contributed by atoms with Crippen molar-refractivity contribution in [1.82, 2.24) is 10.2 Å². The van der Waals surface area contributed by atoms with Crippen molar-refractivity contribution in [3.63, 3.8) is 0 Å². The Labute approximate surface area is 220 Å². The van der Waals surface area contributed by atoms with Crippen molar-refractivity contribution >= 4 is 6.09 Å². The molecule has 3 fully saturated rings. The minimum Gasteiger partial charge on any atom is -0.479 e. The van der Waals surface area contributed by atoms with E-state index in [2.05, 4.69) is 30.6 Å². The highest BCUT2D eigenvalue weighted by Gasteiger charge is 2.27. The SMILES string of the molecule is C=C(OCC1CCC(COC)CC1)N1CCCC(C)CC(NC(=O)OCC2CCC(CCC)CC2)C1. The Morgan fingerprint density at radius 1 is 0.889 bits per heavy atom. The first-order valence-corrected chi connectivity index (χ1v) is 15.0. The number of ether oxygens (including phenoxy) is 3. The highest BCUT2D eigenvalue weighted by molar-refractivity contribution is 5.67. The molecule has 0 spiro atoms. The molecule has 1 saturated heterocycles. The fourth-order valence-electron chi connectivity index (χ4n) is 6.60. The quantitative estimate of drug-likeness (QED) is 0.314. The molecule has 0 aromatic carbocycles. The van der Waals surface area contributed by atoms with Crippen LogP contribution in [0.5, 0.6) is 0 Å². The van der Waals surface area contributed by atoms with Gasteiger partial charge in [0, 0.05) is 26.8 Å². The van der Waals surface area contributed by atoms with Gasteiger partial charge in [0.15, 0.2) is 5.88 Å². The lowest BCUT2D eigenvalue weighted by Gasteiger charge is -2.35. The number of rotatable bonds is 11. The Kier molecular flexibility index (Phi) is 12.7. The predicted octanol–water partition coefficient (Wildman–Crippen LogP) is 6.75. The summed E-state index contributed by atoms with van der Waals surface area (Å²) in [6, 6.07) is 0.0536. The van der Waals surface area contributed by atoms with E-state index >= 15 is 0 Å². The smallest absolute Gasteiger partial charge is 0.407 e. The third-order valence-electron chi connectivity index (χ3n) is 8.90. The second-order valence-corrected chi connectivity index (χ2v) is 12.1. The molecule has 208 valence electrons. The molecule has 0 radical (unpaired) electrons. The van der Waals surface area contributed by atoms with Crippen molar-refractivity contribution in [2.75, 3.05) is 40.0 Å². The summed E-state index contributed by atoms with van der Waals surface area (Å²) in [4.78, 5) is 14.9. The van der Waals surface area contributed by atoms with Crippen LogP contribution in [0.25, 0.3) is 0 Å². The number of amides is 1. The second kappa shape index (κ2) is 15.7. The van der Waals surface area contributed by atoms with Crippen LogP contribution in [0.1, 0.15) is 97.3 Å². The zero-order valence-electron chi connectivity index (χ0n) is 23.5. The van der Waals surface area contributed by atoms with Gasteiger partial charge < -0.3 is 24.4 Å². The molecule has 1 N–H and O–H groups in total. The largest absolute Gasteiger partial charge is 0.479 e. The lowest BCUT2D eigenvalue weighted by molar-refractivity contribution is 0.0518. The minimum atomic E-state index is -0.261. The van der Waals surface area contributed by atoms with Gasteiger partial charge in [0.1, 0.15) is 0 Å². The Morgan fingerprint density at radius 2 is 1.47 bits per heavy atom. The average Bonchev–Trinajstić information content (AvgIpc) is 2.86. The molecule has 0 aromatic heterocycles. The zero-order chi connectivity index (χ0) is 25.8. The summed E-state index contributed by atoms with van der Waals surface area (Å²) in [7, 11) is 1.80. The molecule has 3 aliphatic rings. The van der Waals surface area contributed by atoms with Crippen LogP contribution in [0.15, 0.2) is 12.5 Å². The summed E-state index contributed by atoms with van der Waals surface area (Å²) < 4.78 is 17.2. The molecule has 1 heterocycles. The maximum absolute atomic E-state index is 12.7. The van der Waals surface area contributed by atoms with Crippen molar-refractivity contribution < 1.29 is 19.0 Å². The Balaban J connectivity index is 1.40. The van der Waals surface area contributed by atoms with Gasteiger partial charge in [0.2, 0.25) is 0 Å². The second-order valence-electron chi connectivity index (χ2n) is 12.1. The Morgan fingerprint density at radius 3 is 2.08 bits per heavy atom. The zero-order valence-corrected chi connectivity index (χ0v) is 23.5. The maximum atomic E-state index is 12.7. The fraction of sp³-hybridized carbons (Fsp3) is 0.900. The fourth-order valence-corrected chi connectivity index (χ4v) is 6.60. The van der Waals surface area contributed by atoms with E-state index < -0.39 is 0 Å². The monoisotopic (exact) mass is 506 g/mol. The molecule has 0 bridgehead atoms. The first-order chi connectivity index (χ1) is 17.5. The Bertz CT molecular complexity index is 641. The summed E-state index contributed by atoms with van der Waals surface area (Å²) >= 11 is 0. The summed E-state index contributed by atoms with van der Waals surface area (Å²) in [5.41, 5.74) is 0. The van der Waals surface area contributed by atoms with Crippen LogP contribution in [0.3, 0.4) is 0 Å². The summed E-state index contributed by atoms with van der Waals surface area (Å²) in [5.74, 6) is 4.05. The summed E-state index contributed by atoms with van der Waals surface area (Å²) in [6.07, 6.45) is 15.4. The number of alkyl carbamates (subject to hydrolysis) is 1. The third-order valence-corrected chi connectivity index (χ3v) is 8.90. The number of nitrogens with zero attached hydrogens (tertiary/aromatic N) is 1. The summed E-state index contributed by atoms with van der Waals surface area (Å²) in [5, 5.41) is 3.18. The molecule has 2 atom stereocenters. The first-order valence-electron chi connectivity index (χ1n) is 15.0. The molecule has 2 unspecified atom stereocenters. The molecule has 3 rings (SSSR count). The third kappa shape index (κ3) is 10.1. The van der Waals surface area contributed by atoms with Gasteiger partial charge in [-0.3, -0.25) is 0 Å². The van der Waals surface area contributed by atoms with Crippen molar-refractivity contribution in [3.8, 4) is 0 Å². The molecule has 1 amide bonds. The molecular weight excluding hydrogens is 452 g/mol. The van der Waals surface area contributed by atoms with Crippen molar-refractivity contribution in [2.45, 2.75) is 103 Å². The van der Waals surface area contributed by atoms with E-state index in [1.54, 1.807) is 7.11 Å². The van der Waals surface area contributed by atoms with Crippen LogP contribution in [0, 0.1) is 29.6 Å². The van der Waals surface area contributed by atoms with Crippen LogP contribution in [-0.2, 0) is 14.2 Å². The van der Waals surface area contributed by atoms with Gasteiger partial charge >= 0.3 is 6.09 Å². The van der Waals surface area contributed by atoms with E-state index in [9.17, 15) is 4.79 Å². The standard InChI is InChI=1S/C30H54N2O4/c1-5-7-25-9-11-28(12-10-25)22-36-30(33)31-29-18-23(2)8-6-17-32(19-29)24(3)35-21-27-15-13-26(14-16-27)20-34-4/h23,25-29H,3,5-22H2,1-2,4H3,(H,31,33). The molecular formula is C30H54N2O4. The molecule has 36 heavy (non-hydrogen) atoms. The van der Waals surface area contributed by atoms with E-state index in [1.807, 2.05) is 0 Å². The highest BCUT2D eigenvalue weighted by atomic mass is 16.5. The topological polar surface area (TPSA) is 60.0 Å². The van der Waals surface area contributed by atoms with E-state index in [1.165, 1.54) is 64.2 Å². The van der Waals surface area contributed by atoms with Crippen LogP contribution < -0.4 is 5.32 Å². The van der Waals surface area contributed by atoms with Crippen LogP contribution >= 0.6 is 0 Å². The van der Waals surface area contributed by atoms with Crippen LogP contribution in [0.4, 0.5) is 4.79 Å². The molecule has 6 heteroatoms. The minimum absolute atomic E-state index is 0.0536. The number of nitrogens with one attached hydrogen (secondary N) is 1. The first kappa shape index (κ1) is 29.1. The molecule has 1 aliphatic heterocycles. The van der Waals surface area contributed by atoms with Gasteiger partial charge in [-0.15, -0.1) is 0 Å². The predicted molar refractivity (Wildman–Crippen MR) is 146 cm³/mol. The number of hydrogen-bond acceptors (Lipinski definition) is 5. The van der Waals surface area contributed by atoms with E-state index in [0.29, 0.717) is 30.3 Å². The number of carbonyl (C=O) groups is 1.